The van der Waals surface area contributed by atoms with Crippen LogP contribution in [0.25, 0.3) is 22.4 Å². The Morgan fingerprint density at radius 2 is 1.88 bits per heavy atom. The summed E-state index contributed by atoms with van der Waals surface area (Å²) in [6.45, 7) is 11.2. The van der Waals surface area contributed by atoms with E-state index in [0.717, 1.165) is 5.56 Å². The van der Waals surface area contributed by atoms with Crippen LogP contribution in [0, 0.1) is 5.82 Å². The highest BCUT2D eigenvalue weighted by Crippen LogP contribution is 2.36. The van der Waals surface area contributed by atoms with Gasteiger partial charge in [-0.2, -0.15) is 0 Å². The maximum absolute atomic E-state index is 14.2. The molecule has 4 aromatic rings. The Labute approximate surface area is 236 Å². The molecule has 1 amide bonds. The normalized spacial score (nSPS) is 15.5. The minimum atomic E-state index is -1.05. The van der Waals surface area contributed by atoms with Crippen LogP contribution in [0.5, 0.6) is 0 Å². The van der Waals surface area contributed by atoms with E-state index in [0.29, 0.717) is 47.7 Å². The van der Waals surface area contributed by atoms with Crippen molar-refractivity contribution in [1.29, 1.82) is 0 Å². The van der Waals surface area contributed by atoms with Crippen LogP contribution in [-0.2, 0) is 5.41 Å². The fourth-order valence-corrected chi connectivity index (χ4v) is 5.30. The van der Waals surface area contributed by atoms with Crippen molar-refractivity contribution in [3.05, 3.63) is 76.5 Å². The maximum atomic E-state index is 14.2. The summed E-state index contributed by atoms with van der Waals surface area (Å²) in [4.78, 5) is 37.9. The first-order valence-corrected chi connectivity index (χ1v) is 13.3. The number of pyridine rings is 2. The Morgan fingerprint density at radius 3 is 2.52 bits per heavy atom. The van der Waals surface area contributed by atoms with Gasteiger partial charge in [-0.15, -0.1) is 0 Å². The number of carboxylic acids is 1. The van der Waals surface area contributed by atoms with Crippen molar-refractivity contribution in [3.8, 4) is 11.3 Å². The van der Waals surface area contributed by atoms with Gasteiger partial charge in [-0.3, -0.25) is 9.78 Å². The van der Waals surface area contributed by atoms with Crippen LogP contribution in [-0.4, -0.2) is 57.0 Å². The van der Waals surface area contributed by atoms with Crippen molar-refractivity contribution in [2.45, 2.75) is 45.6 Å². The number of aromatic carboxylic acids is 1. The first-order valence-electron chi connectivity index (χ1n) is 12.9. The van der Waals surface area contributed by atoms with Gasteiger partial charge >= 0.3 is 5.97 Å². The molecule has 1 fully saturated rings. The van der Waals surface area contributed by atoms with E-state index in [1.54, 1.807) is 29.3 Å². The second-order valence-corrected chi connectivity index (χ2v) is 12.1. The zero-order valence-corrected chi connectivity index (χ0v) is 23.7. The monoisotopic (exact) mass is 564 g/mol. The quantitative estimate of drug-likeness (QED) is 0.305. The molecule has 0 bridgehead atoms. The van der Waals surface area contributed by atoms with E-state index in [9.17, 15) is 19.1 Å². The average molecular weight is 565 g/mol. The first-order chi connectivity index (χ1) is 18.8. The number of anilines is 1. The summed E-state index contributed by atoms with van der Waals surface area (Å²) in [6.07, 6.45) is 2.90. The van der Waals surface area contributed by atoms with Crippen LogP contribution >= 0.6 is 11.6 Å². The number of carboxylic acid groups (broad SMARTS) is 1. The molecule has 0 radical (unpaired) electrons. The molecule has 40 heavy (non-hydrogen) atoms. The summed E-state index contributed by atoms with van der Waals surface area (Å²) < 4.78 is 20.4. The van der Waals surface area contributed by atoms with E-state index in [1.165, 1.54) is 18.3 Å². The van der Waals surface area contributed by atoms with Crippen molar-refractivity contribution >= 4 is 40.3 Å². The predicted octanol–water partition coefficient (Wildman–Crippen LogP) is 6.42. The van der Waals surface area contributed by atoms with Gasteiger partial charge < -0.3 is 19.3 Å². The average Bonchev–Trinajstić information content (AvgIpc) is 3.32. The standard InChI is InChI=1S/C30H30ClFN4O4/c1-29(2,3)19-13-22(17-6-7-20(31)21(32)12-17)34-23-14-25(40-26(19)23)27(37)36-11-10-35(16-30(36,4)5)24-8-9-33-15-18(24)28(38)39/h6-9,12-15H,10-11,16H2,1-5H3,(H,38,39). The molecule has 1 saturated heterocycles. The van der Waals surface area contributed by atoms with Gasteiger partial charge in [0.05, 0.1) is 21.9 Å². The van der Waals surface area contributed by atoms with Crippen LogP contribution < -0.4 is 4.90 Å². The van der Waals surface area contributed by atoms with Gasteiger partial charge in [0, 0.05) is 49.2 Å². The highest BCUT2D eigenvalue weighted by molar-refractivity contribution is 6.30. The molecular formula is C30H30ClFN4O4. The Hall–Kier alpha value is -3.98. The number of halogens is 2. The second kappa shape index (κ2) is 9.89. The van der Waals surface area contributed by atoms with Crippen molar-refractivity contribution in [2.24, 2.45) is 0 Å². The lowest BCUT2D eigenvalue weighted by molar-refractivity contribution is 0.0482. The largest absolute Gasteiger partial charge is 0.478 e. The highest BCUT2D eigenvalue weighted by Gasteiger charge is 2.39. The van der Waals surface area contributed by atoms with Crippen molar-refractivity contribution in [1.82, 2.24) is 14.9 Å². The molecule has 4 heterocycles. The predicted molar refractivity (Wildman–Crippen MR) is 152 cm³/mol. The molecule has 1 N–H and O–H groups in total. The molecule has 0 spiro atoms. The summed E-state index contributed by atoms with van der Waals surface area (Å²) >= 11 is 5.88. The fourth-order valence-electron chi connectivity index (χ4n) is 5.19. The molecule has 1 aromatic carbocycles. The Kier molecular flexibility index (Phi) is 6.82. The van der Waals surface area contributed by atoms with Gasteiger partial charge in [-0.1, -0.05) is 38.4 Å². The van der Waals surface area contributed by atoms with Crippen molar-refractivity contribution in [3.63, 3.8) is 0 Å². The molecule has 10 heteroatoms. The van der Waals surface area contributed by atoms with Crippen LogP contribution in [0.4, 0.5) is 10.1 Å². The van der Waals surface area contributed by atoms with Crippen LogP contribution in [0.2, 0.25) is 5.02 Å². The number of hydrogen-bond acceptors (Lipinski definition) is 6. The lowest BCUT2D eigenvalue weighted by atomic mass is 9.86. The molecule has 5 rings (SSSR count). The summed E-state index contributed by atoms with van der Waals surface area (Å²) in [5.74, 6) is -1.71. The van der Waals surface area contributed by atoms with E-state index in [-0.39, 0.29) is 27.7 Å². The van der Waals surface area contributed by atoms with Gasteiger partial charge in [0.2, 0.25) is 0 Å². The number of piperazine rings is 1. The molecule has 0 unspecified atom stereocenters. The lowest BCUT2D eigenvalue weighted by Crippen LogP contribution is -2.61. The van der Waals surface area contributed by atoms with E-state index in [1.807, 2.05) is 45.6 Å². The van der Waals surface area contributed by atoms with E-state index < -0.39 is 17.3 Å². The van der Waals surface area contributed by atoms with E-state index in [2.05, 4.69) is 4.98 Å². The maximum Gasteiger partial charge on any atom is 0.339 e. The number of furan rings is 1. The summed E-state index contributed by atoms with van der Waals surface area (Å²) in [5.41, 5.74) is 2.66. The minimum Gasteiger partial charge on any atom is -0.478 e. The third-order valence-corrected chi connectivity index (χ3v) is 7.54. The number of carbonyl (C=O) groups excluding carboxylic acids is 1. The zero-order valence-electron chi connectivity index (χ0n) is 23.0. The number of benzene rings is 1. The van der Waals surface area contributed by atoms with Crippen LogP contribution in [0.15, 0.2) is 53.2 Å². The number of aromatic nitrogens is 2. The highest BCUT2D eigenvalue weighted by atomic mass is 35.5. The SMILES string of the molecule is CC(C)(C)c1cc(-c2ccc(Cl)c(F)c2)nc2cc(C(=O)N3CCN(c4ccncc4C(=O)O)CC3(C)C)oc12. The molecule has 3 aromatic heterocycles. The number of carbonyl (C=O) groups is 2. The third-order valence-electron chi connectivity index (χ3n) is 7.23. The number of rotatable bonds is 4. The molecular weight excluding hydrogens is 535 g/mol. The number of fused-ring (bicyclic) bond motifs is 1. The van der Waals surface area contributed by atoms with Crippen molar-refractivity contribution in [2.75, 3.05) is 24.5 Å². The Morgan fingerprint density at radius 1 is 1.12 bits per heavy atom. The molecule has 0 aliphatic carbocycles. The number of nitrogens with zero attached hydrogens (tertiary/aromatic N) is 4. The molecule has 208 valence electrons. The van der Waals surface area contributed by atoms with Gasteiger partial charge in [0.25, 0.3) is 5.91 Å². The summed E-state index contributed by atoms with van der Waals surface area (Å²) in [7, 11) is 0. The lowest BCUT2D eigenvalue weighted by Gasteiger charge is -2.47. The third kappa shape index (κ3) is 5.01. The molecule has 8 nitrogen and oxygen atoms in total. The number of hydrogen-bond donors (Lipinski definition) is 1. The van der Waals surface area contributed by atoms with Crippen molar-refractivity contribution < 1.29 is 23.5 Å². The Bertz CT molecular complexity index is 1640. The van der Waals surface area contributed by atoms with E-state index >= 15 is 0 Å². The summed E-state index contributed by atoms with van der Waals surface area (Å²) in [6, 6.07) is 9.72. The zero-order chi connectivity index (χ0) is 29.0. The summed E-state index contributed by atoms with van der Waals surface area (Å²) in [5, 5.41) is 9.64. The van der Waals surface area contributed by atoms with Gasteiger partial charge in [-0.25, -0.2) is 14.2 Å². The fraction of sp³-hybridized carbons (Fsp3) is 0.333. The first kappa shape index (κ1) is 27.6. The van der Waals surface area contributed by atoms with Crippen LogP contribution in [0.3, 0.4) is 0 Å². The van der Waals surface area contributed by atoms with Gasteiger partial charge in [0.1, 0.15) is 16.9 Å². The molecule has 1 aliphatic rings. The van der Waals surface area contributed by atoms with E-state index in [4.69, 9.17) is 21.0 Å². The molecule has 0 atom stereocenters. The number of amides is 1. The topological polar surface area (TPSA) is 99.8 Å². The minimum absolute atomic E-state index is 0.0305. The van der Waals surface area contributed by atoms with Gasteiger partial charge in [-0.05, 0) is 43.5 Å². The molecule has 0 saturated carbocycles. The van der Waals surface area contributed by atoms with Gasteiger partial charge in [0.15, 0.2) is 11.3 Å². The van der Waals surface area contributed by atoms with Crippen LogP contribution in [0.1, 0.15) is 61.1 Å². The smallest absolute Gasteiger partial charge is 0.339 e. The Balaban J connectivity index is 1.49. The molecule has 1 aliphatic heterocycles. The second-order valence-electron chi connectivity index (χ2n) is 11.6.